The molecule has 0 bridgehead atoms. The molecular formula is C16H26N4O2. The van der Waals surface area contributed by atoms with Crippen molar-refractivity contribution in [1.82, 2.24) is 19.9 Å². The molecule has 0 unspecified atom stereocenters. The summed E-state index contributed by atoms with van der Waals surface area (Å²) < 4.78 is 5.28. The molecule has 0 radical (unpaired) electrons. The van der Waals surface area contributed by atoms with Crippen LogP contribution >= 0.6 is 0 Å². The van der Waals surface area contributed by atoms with Gasteiger partial charge in [0.25, 0.3) is 0 Å². The average Bonchev–Trinajstić information content (AvgIpc) is 3.19. The van der Waals surface area contributed by atoms with Crippen molar-refractivity contribution in [2.45, 2.75) is 71.0 Å². The highest BCUT2D eigenvalue weighted by atomic mass is 16.5. The molecule has 22 heavy (non-hydrogen) atoms. The summed E-state index contributed by atoms with van der Waals surface area (Å²) in [5.74, 6) is 1.72. The van der Waals surface area contributed by atoms with Crippen LogP contribution in [-0.2, 0) is 17.8 Å². The lowest BCUT2D eigenvalue weighted by molar-refractivity contribution is -0.130. The summed E-state index contributed by atoms with van der Waals surface area (Å²) in [4.78, 5) is 20.8. The third-order valence-electron chi connectivity index (χ3n) is 4.88. The van der Waals surface area contributed by atoms with Gasteiger partial charge in [-0.15, -0.1) is 0 Å². The van der Waals surface area contributed by atoms with Crippen molar-refractivity contribution in [1.29, 1.82) is 0 Å². The minimum atomic E-state index is 0.208. The van der Waals surface area contributed by atoms with Crippen LogP contribution in [0, 0.1) is 0 Å². The maximum atomic E-state index is 11.8. The Kier molecular flexibility index (Phi) is 4.76. The molecule has 3 rings (SSSR count). The van der Waals surface area contributed by atoms with Gasteiger partial charge in [-0.2, -0.15) is 4.98 Å². The van der Waals surface area contributed by atoms with E-state index in [9.17, 15) is 4.79 Å². The van der Waals surface area contributed by atoms with E-state index >= 15 is 0 Å². The second-order valence-corrected chi connectivity index (χ2v) is 6.46. The van der Waals surface area contributed by atoms with Gasteiger partial charge in [0, 0.05) is 32.0 Å². The number of likely N-dealkylation sites (tertiary alicyclic amines) is 2. The molecule has 0 spiro atoms. The second kappa shape index (κ2) is 6.77. The van der Waals surface area contributed by atoms with Crippen LogP contribution in [0.15, 0.2) is 4.52 Å². The van der Waals surface area contributed by atoms with Crippen molar-refractivity contribution >= 4 is 5.91 Å². The lowest BCUT2D eigenvalue weighted by Crippen LogP contribution is -2.47. The molecule has 2 fully saturated rings. The Morgan fingerprint density at radius 3 is 2.82 bits per heavy atom. The largest absolute Gasteiger partial charge is 0.339 e. The molecule has 0 aromatic carbocycles. The van der Waals surface area contributed by atoms with Gasteiger partial charge in [0.2, 0.25) is 11.8 Å². The molecule has 3 heterocycles. The summed E-state index contributed by atoms with van der Waals surface area (Å²) >= 11 is 0. The first-order valence-electron chi connectivity index (χ1n) is 8.51. The lowest BCUT2D eigenvalue weighted by Gasteiger charge is -2.34. The highest BCUT2D eigenvalue weighted by Gasteiger charge is 2.39. The van der Waals surface area contributed by atoms with Crippen molar-refractivity contribution in [2.75, 3.05) is 13.1 Å². The van der Waals surface area contributed by atoms with E-state index in [-0.39, 0.29) is 5.91 Å². The van der Waals surface area contributed by atoms with E-state index in [1.165, 1.54) is 6.42 Å². The van der Waals surface area contributed by atoms with E-state index in [0.29, 0.717) is 12.1 Å². The standard InChI is InChI=1S/C16H26N4O2/c1-3-6-16-17-15(18-22-16)11-19-9-4-7-13(19)14-8-5-10-20(14)12(2)21/h13-14H,3-11H2,1-2H3/t13-,14-/m1/s1. The smallest absolute Gasteiger partial charge is 0.226 e. The van der Waals surface area contributed by atoms with Crippen molar-refractivity contribution in [3.05, 3.63) is 11.7 Å². The number of hydrogen-bond acceptors (Lipinski definition) is 5. The number of aryl methyl sites for hydroxylation is 1. The fourth-order valence-corrected chi connectivity index (χ4v) is 3.92. The van der Waals surface area contributed by atoms with Crippen LogP contribution in [0.25, 0.3) is 0 Å². The lowest BCUT2D eigenvalue weighted by atomic mass is 10.0. The van der Waals surface area contributed by atoms with Crippen LogP contribution in [0.4, 0.5) is 0 Å². The van der Waals surface area contributed by atoms with E-state index in [1.807, 2.05) is 0 Å². The fraction of sp³-hybridized carbons (Fsp3) is 0.812. The topological polar surface area (TPSA) is 62.5 Å². The molecule has 122 valence electrons. The van der Waals surface area contributed by atoms with Gasteiger partial charge in [0.1, 0.15) is 0 Å². The Hall–Kier alpha value is -1.43. The SMILES string of the molecule is CCCc1nc(CN2CCC[C@@H]2[C@H]2CCCN2C(C)=O)no1. The summed E-state index contributed by atoms with van der Waals surface area (Å²) in [6.07, 6.45) is 6.45. The Morgan fingerprint density at radius 1 is 1.27 bits per heavy atom. The van der Waals surface area contributed by atoms with Gasteiger partial charge in [0.05, 0.1) is 6.54 Å². The zero-order chi connectivity index (χ0) is 15.5. The highest BCUT2D eigenvalue weighted by molar-refractivity contribution is 5.74. The van der Waals surface area contributed by atoms with Crippen LogP contribution in [-0.4, -0.2) is 51.0 Å². The Bertz CT molecular complexity index is 516. The number of amides is 1. The summed E-state index contributed by atoms with van der Waals surface area (Å²) in [5.41, 5.74) is 0. The maximum Gasteiger partial charge on any atom is 0.226 e. The van der Waals surface area contributed by atoms with Crippen molar-refractivity contribution in [2.24, 2.45) is 0 Å². The molecule has 1 aromatic rings. The minimum absolute atomic E-state index is 0.208. The second-order valence-electron chi connectivity index (χ2n) is 6.46. The minimum Gasteiger partial charge on any atom is -0.339 e. The number of rotatable bonds is 5. The molecule has 2 aliphatic heterocycles. The summed E-state index contributed by atoms with van der Waals surface area (Å²) in [5, 5.41) is 4.11. The van der Waals surface area contributed by atoms with E-state index in [0.717, 1.165) is 63.5 Å². The van der Waals surface area contributed by atoms with Crippen molar-refractivity contribution in [3.63, 3.8) is 0 Å². The Morgan fingerprint density at radius 2 is 2.05 bits per heavy atom. The number of nitrogens with zero attached hydrogens (tertiary/aromatic N) is 4. The van der Waals surface area contributed by atoms with Gasteiger partial charge in [0.15, 0.2) is 5.82 Å². The van der Waals surface area contributed by atoms with Crippen molar-refractivity contribution < 1.29 is 9.32 Å². The summed E-state index contributed by atoms with van der Waals surface area (Å²) in [6.45, 7) is 6.50. The van der Waals surface area contributed by atoms with Gasteiger partial charge < -0.3 is 9.42 Å². The summed E-state index contributed by atoms with van der Waals surface area (Å²) in [7, 11) is 0. The van der Waals surface area contributed by atoms with E-state index in [4.69, 9.17) is 4.52 Å². The summed E-state index contributed by atoms with van der Waals surface area (Å²) in [6, 6.07) is 0.807. The zero-order valence-corrected chi connectivity index (χ0v) is 13.6. The van der Waals surface area contributed by atoms with Gasteiger partial charge in [-0.1, -0.05) is 12.1 Å². The van der Waals surface area contributed by atoms with Crippen LogP contribution in [0.2, 0.25) is 0 Å². The molecule has 6 nitrogen and oxygen atoms in total. The monoisotopic (exact) mass is 306 g/mol. The van der Waals surface area contributed by atoms with E-state index < -0.39 is 0 Å². The fourth-order valence-electron chi connectivity index (χ4n) is 3.92. The molecule has 6 heteroatoms. The molecule has 2 aliphatic rings. The molecule has 0 N–H and O–H groups in total. The molecule has 0 saturated carbocycles. The Balaban J connectivity index is 1.66. The molecule has 2 saturated heterocycles. The Labute approximate surface area is 131 Å². The van der Waals surface area contributed by atoms with Gasteiger partial charge in [-0.05, 0) is 38.6 Å². The first-order valence-corrected chi connectivity index (χ1v) is 8.51. The van der Waals surface area contributed by atoms with E-state index in [1.54, 1.807) is 6.92 Å². The van der Waals surface area contributed by atoms with Gasteiger partial charge >= 0.3 is 0 Å². The van der Waals surface area contributed by atoms with Crippen molar-refractivity contribution in [3.8, 4) is 0 Å². The first-order chi connectivity index (χ1) is 10.7. The maximum absolute atomic E-state index is 11.8. The number of carbonyl (C=O) groups excluding carboxylic acids is 1. The molecule has 2 atom stereocenters. The van der Waals surface area contributed by atoms with E-state index in [2.05, 4.69) is 26.9 Å². The molecule has 1 amide bonds. The number of aromatic nitrogens is 2. The first kappa shape index (κ1) is 15.5. The van der Waals surface area contributed by atoms with Crippen LogP contribution in [0.1, 0.15) is 57.7 Å². The number of hydrogen-bond donors (Lipinski definition) is 0. The third kappa shape index (κ3) is 3.16. The normalized spacial score (nSPS) is 26.0. The predicted molar refractivity (Wildman–Crippen MR) is 82.1 cm³/mol. The molecule has 0 aliphatic carbocycles. The highest BCUT2D eigenvalue weighted by Crippen LogP contribution is 2.30. The van der Waals surface area contributed by atoms with Crippen LogP contribution < -0.4 is 0 Å². The van der Waals surface area contributed by atoms with Crippen LogP contribution in [0.3, 0.4) is 0 Å². The quantitative estimate of drug-likeness (QED) is 0.832. The average molecular weight is 306 g/mol. The third-order valence-corrected chi connectivity index (χ3v) is 4.88. The molecular weight excluding hydrogens is 280 g/mol. The van der Waals surface area contributed by atoms with Gasteiger partial charge in [-0.25, -0.2) is 0 Å². The number of carbonyl (C=O) groups is 1. The predicted octanol–water partition coefficient (Wildman–Crippen LogP) is 2.00. The van der Waals surface area contributed by atoms with Crippen LogP contribution in [0.5, 0.6) is 0 Å². The molecule has 1 aromatic heterocycles. The zero-order valence-electron chi connectivity index (χ0n) is 13.6. The van der Waals surface area contributed by atoms with Gasteiger partial charge in [-0.3, -0.25) is 9.69 Å².